The fraction of sp³-hybridized carbons (Fsp3) is 0.615. The van der Waals surface area contributed by atoms with Crippen LogP contribution in [0.3, 0.4) is 0 Å². The highest BCUT2D eigenvalue weighted by Crippen LogP contribution is 2.24. The number of carbonyl (C=O) groups is 1. The Balaban J connectivity index is 1.75. The van der Waals surface area contributed by atoms with Crippen LogP contribution in [0.15, 0.2) is 17.5 Å². The number of nitrogens with one attached hydrogen (secondary N) is 2. The molecule has 0 spiro atoms. The lowest BCUT2D eigenvalue weighted by molar-refractivity contribution is -0.120. The molecule has 0 aromatic carbocycles. The fourth-order valence-corrected chi connectivity index (χ4v) is 2.92. The first-order valence-electron chi connectivity index (χ1n) is 6.18. The van der Waals surface area contributed by atoms with Gasteiger partial charge in [0, 0.05) is 18.0 Å². The molecule has 1 saturated heterocycles. The van der Waals surface area contributed by atoms with E-state index in [0.29, 0.717) is 6.42 Å². The van der Waals surface area contributed by atoms with Crippen LogP contribution in [-0.4, -0.2) is 25.5 Å². The lowest BCUT2D eigenvalue weighted by Gasteiger charge is -2.34. The van der Waals surface area contributed by atoms with Crippen molar-refractivity contribution in [1.29, 1.82) is 0 Å². The molecule has 3 nitrogen and oxygen atoms in total. The summed E-state index contributed by atoms with van der Waals surface area (Å²) in [4.78, 5) is 12.9. The van der Waals surface area contributed by atoms with Gasteiger partial charge in [-0.25, -0.2) is 0 Å². The number of piperidine rings is 1. The van der Waals surface area contributed by atoms with Gasteiger partial charge in [-0.15, -0.1) is 11.3 Å². The molecular weight excluding hydrogens is 232 g/mol. The average Bonchev–Trinajstić information content (AvgIpc) is 2.80. The van der Waals surface area contributed by atoms with Gasteiger partial charge in [-0.3, -0.25) is 4.79 Å². The summed E-state index contributed by atoms with van der Waals surface area (Å²) >= 11 is 1.64. The Kier molecular flexibility index (Phi) is 4.18. The van der Waals surface area contributed by atoms with E-state index in [9.17, 15) is 4.79 Å². The molecule has 94 valence electrons. The summed E-state index contributed by atoms with van der Waals surface area (Å²) < 4.78 is 0. The molecule has 2 heterocycles. The van der Waals surface area contributed by atoms with Gasteiger partial charge < -0.3 is 10.6 Å². The predicted molar refractivity (Wildman–Crippen MR) is 71.2 cm³/mol. The van der Waals surface area contributed by atoms with Crippen LogP contribution in [0.4, 0.5) is 0 Å². The van der Waals surface area contributed by atoms with Crippen LogP contribution in [0.25, 0.3) is 0 Å². The highest BCUT2D eigenvalue weighted by molar-refractivity contribution is 7.10. The van der Waals surface area contributed by atoms with E-state index in [2.05, 4.69) is 17.6 Å². The first-order valence-corrected chi connectivity index (χ1v) is 7.06. The van der Waals surface area contributed by atoms with Crippen LogP contribution < -0.4 is 10.6 Å². The first-order chi connectivity index (χ1) is 8.18. The molecule has 2 rings (SSSR count). The lowest BCUT2D eigenvalue weighted by Crippen LogP contribution is -2.45. The van der Waals surface area contributed by atoms with Crippen molar-refractivity contribution in [2.45, 2.75) is 26.2 Å². The van der Waals surface area contributed by atoms with Gasteiger partial charge in [-0.05, 0) is 36.2 Å². The molecule has 1 aliphatic heterocycles. The van der Waals surface area contributed by atoms with Crippen LogP contribution in [-0.2, 0) is 11.2 Å². The van der Waals surface area contributed by atoms with E-state index >= 15 is 0 Å². The third kappa shape index (κ3) is 3.82. The van der Waals surface area contributed by atoms with Crippen LogP contribution in [0.2, 0.25) is 0 Å². The lowest BCUT2D eigenvalue weighted by atomic mass is 9.83. The predicted octanol–water partition coefficient (Wildman–Crippen LogP) is 1.80. The van der Waals surface area contributed by atoms with E-state index < -0.39 is 0 Å². The molecule has 1 amide bonds. The topological polar surface area (TPSA) is 41.1 Å². The van der Waals surface area contributed by atoms with E-state index in [4.69, 9.17) is 0 Å². The summed E-state index contributed by atoms with van der Waals surface area (Å²) in [5, 5.41) is 8.46. The van der Waals surface area contributed by atoms with Gasteiger partial charge >= 0.3 is 0 Å². The van der Waals surface area contributed by atoms with Crippen LogP contribution in [0.5, 0.6) is 0 Å². The molecule has 17 heavy (non-hydrogen) atoms. The monoisotopic (exact) mass is 252 g/mol. The summed E-state index contributed by atoms with van der Waals surface area (Å²) in [6, 6.07) is 3.99. The molecule has 1 aromatic rings. The smallest absolute Gasteiger partial charge is 0.225 e. The Morgan fingerprint density at radius 2 is 2.53 bits per heavy atom. The third-order valence-corrected chi connectivity index (χ3v) is 4.19. The highest BCUT2D eigenvalue weighted by atomic mass is 32.1. The van der Waals surface area contributed by atoms with Crippen LogP contribution >= 0.6 is 11.3 Å². The van der Waals surface area contributed by atoms with Gasteiger partial charge in [0.25, 0.3) is 0 Å². The Hall–Kier alpha value is -0.870. The molecule has 0 aliphatic carbocycles. The van der Waals surface area contributed by atoms with E-state index in [1.807, 2.05) is 17.5 Å². The maximum atomic E-state index is 11.8. The van der Waals surface area contributed by atoms with Gasteiger partial charge in [0.05, 0.1) is 6.42 Å². The van der Waals surface area contributed by atoms with Crippen molar-refractivity contribution in [3.63, 3.8) is 0 Å². The Morgan fingerprint density at radius 1 is 1.65 bits per heavy atom. The Labute approximate surface area is 107 Å². The number of rotatable bonds is 4. The SMILES string of the molecule is CC1(CNC(=O)Cc2cccs2)CCCNC1. The second kappa shape index (κ2) is 5.65. The van der Waals surface area contributed by atoms with Crippen molar-refractivity contribution >= 4 is 17.2 Å². The van der Waals surface area contributed by atoms with Crippen molar-refractivity contribution < 1.29 is 4.79 Å². The number of hydrogen-bond acceptors (Lipinski definition) is 3. The minimum atomic E-state index is 0.138. The molecule has 1 aliphatic rings. The number of amides is 1. The van der Waals surface area contributed by atoms with Crippen molar-refractivity contribution in [3.05, 3.63) is 22.4 Å². The van der Waals surface area contributed by atoms with Gasteiger partial charge in [0.15, 0.2) is 0 Å². The fourth-order valence-electron chi connectivity index (χ4n) is 2.22. The van der Waals surface area contributed by atoms with Crippen molar-refractivity contribution in [2.24, 2.45) is 5.41 Å². The van der Waals surface area contributed by atoms with E-state index in [0.717, 1.165) is 24.5 Å². The van der Waals surface area contributed by atoms with Crippen molar-refractivity contribution in [3.8, 4) is 0 Å². The molecule has 0 radical (unpaired) electrons. The summed E-state index contributed by atoms with van der Waals surface area (Å²) in [6.45, 7) is 5.14. The molecule has 1 fully saturated rings. The summed E-state index contributed by atoms with van der Waals surface area (Å²) in [5.74, 6) is 0.138. The zero-order valence-electron chi connectivity index (χ0n) is 10.3. The Morgan fingerprint density at radius 3 is 3.18 bits per heavy atom. The van der Waals surface area contributed by atoms with Crippen LogP contribution in [0.1, 0.15) is 24.6 Å². The highest BCUT2D eigenvalue weighted by Gasteiger charge is 2.26. The number of thiophene rings is 1. The van der Waals surface area contributed by atoms with Gasteiger partial charge in [-0.2, -0.15) is 0 Å². The van der Waals surface area contributed by atoms with Crippen molar-refractivity contribution in [2.75, 3.05) is 19.6 Å². The zero-order chi connectivity index (χ0) is 12.1. The minimum Gasteiger partial charge on any atom is -0.355 e. The third-order valence-electron chi connectivity index (χ3n) is 3.31. The van der Waals surface area contributed by atoms with Gasteiger partial charge in [0.2, 0.25) is 5.91 Å². The Bertz CT molecular complexity index is 356. The van der Waals surface area contributed by atoms with Crippen molar-refractivity contribution in [1.82, 2.24) is 10.6 Å². The molecular formula is C13H20N2OS. The van der Waals surface area contributed by atoms with E-state index in [-0.39, 0.29) is 11.3 Å². The minimum absolute atomic E-state index is 0.138. The summed E-state index contributed by atoms with van der Waals surface area (Å²) in [5.41, 5.74) is 0.226. The largest absolute Gasteiger partial charge is 0.355 e. The maximum absolute atomic E-state index is 11.8. The second-order valence-corrected chi connectivity index (χ2v) is 6.16. The maximum Gasteiger partial charge on any atom is 0.225 e. The number of carbonyl (C=O) groups excluding carboxylic acids is 1. The van der Waals surface area contributed by atoms with E-state index in [1.54, 1.807) is 11.3 Å². The molecule has 2 N–H and O–H groups in total. The van der Waals surface area contributed by atoms with E-state index in [1.165, 1.54) is 12.8 Å². The zero-order valence-corrected chi connectivity index (χ0v) is 11.1. The van der Waals surface area contributed by atoms with Crippen LogP contribution in [0, 0.1) is 5.41 Å². The molecule has 4 heteroatoms. The standard InChI is InChI=1S/C13H20N2OS/c1-13(5-3-6-14-9-13)10-15-12(16)8-11-4-2-7-17-11/h2,4,7,14H,3,5-6,8-10H2,1H3,(H,15,16). The van der Waals surface area contributed by atoms with Gasteiger partial charge in [0.1, 0.15) is 0 Å². The molecule has 1 unspecified atom stereocenters. The average molecular weight is 252 g/mol. The second-order valence-electron chi connectivity index (χ2n) is 5.12. The quantitative estimate of drug-likeness (QED) is 0.858. The van der Waals surface area contributed by atoms with Gasteiger partial charge in [-0.1, -0.05) is 13.0 Å². The number of hydrogen-bond donors (Lipinski definition) is 2. The summed E-state index contributed by atoms with van der Waals surface area (Å²) in [7, 11) is 0. The normalized spacial score (nSPS) is 24.5. The molecule has 0 saturated carbocycles. The molecule has 1 aromatic heterocycles. The molecule has 0 bridgehead atoms. The molecule has 1 atom stereocenters. The first kappa shape index (κ1) is 12.6. The summed E-state index contributed by atoms with van der Waals surface area (Å²) in [6.07, 6.45) is 2.91.